The number of aromatic amines is 1. The maximum atomic E-state index is 12.6. The molecule has 0 aliphatic carbocycles. The minimum atomic E-state index is -3.40. The molecule has 0 amide bonds. The van der Waals surface area contributed by atoms with Gasteiger partial charge in [-0.15, -0.1) is 0 Å². The van der Waals surface area contributed by atoms with Gasteiger partial charge in [0.2, 0.25) is 0 Å². The lowest BCUT2D eigenvalue weighted by Crippen LogP contribution is -2.38. The molecule has 2 heterocycles. The van der Waals surface area contributed by atoms with E-state index in [4.69, 9.17) is 20.5 Å². The highest BCUT2D eigenvalue weighted by atomic mass is 35.7. The molecule has 0 spiro atoms. The van der Waals surface area contributed by atoms with Gasteiger partial charge in [0.15, 0.2) is 0 Å². The van der Waals surface area contributed by atoms with Crippen LogP contribution in [0.1, 0.15) is 63.7 Å². The van der Waals surface area contributed by atoms with Gasteiger partial charge in [-0.1, -0.05) is 26.2 Å². The van der Waals surface area contributed by atoms with Crippen LogP contribution in [0, 0.1) is 6.92 Å². The van der Waals surface area contributed by atoms with Crippen molar-refractivity contribution in [3.8, 4) is 0 Å². The third-order valence-electron chi connectivity index (χ3n) is 4.95. The van der Waals surface area contributed by atoms with Gasteiger partial charge in [0.05, 0.1) is 12.7 Å². The molecule has 1 N–H and O–H groups in total. The van der Waals surface area contributed by atoms with Crippen molar-refractivity contribution in [2.75, 3.05) is 20.2 Å². The van der Waals surface area contributed by atoms with Crippen molar-refractivity contribution < 1.29 is 13.8 Å². The van der Waals surface area contributed by atoms with Gasteiger partial charge in [-0.05, 0) is 50.9 Å². The minimum Gasteiger partial charge on any atom is -0.352 e. The highest BCUT2D eigenvalue weighted by molar-refractivity contribution is 7.83. The standard InChI is InChI=1S/C18H31ClN3O5P/c1-4-5-6-7-11-21(3)28(19,25)26-13-15-9-8-10-16(27-15)22-12-14(2)17(23)20-18(22)24/h12,15-16H,4-11,13H2,1-3H3,(H,20,23,24)/t15-,16+,28?/m0/s1. The highest BCUT2D eigenvalue weighted by Gasteiger charge is 2.30. The van der Waals surface area contributed by atoms with E-state index in [9.17, 15) is 14.2 Å². The Morgan fingerprint density at radius 2 is 2.11 bits per heavy atom. The van der Waals surface area contributed by atoms with E-state index in [1.165, 1.54) is 10.8 Å². The number of nitrogens with zero attached hydrogens (tertiary/aromatic N) is 2. The molecule has 0 bridgehead atoms. The van der Waals surface area contributed by atoms with Crippen LogP contribution in [0.5, 0.6) is 0 Å². The number of hydrogen-bond donors (Lipinski definition) is 1. The summed E-state index contributed by atoms with van der Waals surface area (Å²) in [6.07, 6.45) is 7.15. The minimum absolute atomic E-state index is 0.0909. The summed E-state index contributed by atoms with van der Waals surface area (Å²) in [7, 11) is 1.70. The molecule has 1 fully saturated rings. The van der Waals surface area contributed by atoms with Crippen LogP contribution >= 0.6 is 18.1 Å². The van der Waals surface area contributed by atoms with Gasteiger partial charge in [0, 0.05) is 18.3 Å². The Morgan fingerprint density at radius 3 is 2.82 bits per heavy atom. The summed E-state index contributed by atoms with van der Waals surface area (Å²) in [5, 5.41) is 0. The fourth-order valence-corrected chi connectivity index (χ4v) is 4.49. The van der Waals surface area contributed by atoms with Crippen LogP contribution in [-0.2, 0) is 13.8 Å². The molecule has 160 valence electrons. The first-order chi connectivity index (χ1) is 13.2. The van der Waals surface area contributed by atoms with Crippen molar-refractivity contribution >= 4 is 18.1 Å². The lowest BCUT2D eigenvalue weighted by atomic mass is 10.1. The second kappa shape index (κ2) is 10.7. The molecular formula is C18H31ClN3O5P. The van der Waals surface area contributed by atoms with E-state index in [1.807, 2.05) is 0 Å². The summed E-state index contributed by atoms with van der Waals surface area (Å²) < 4.78 is 27.1. The molecule has 1 aliphatic rings. The number of hydrogen-bond acceptors (Lipinski definition) is 5. The summed E-state index contributed by atoms with van der Waals surface area (Å²) in [5.41, 5.74) is -0.462. The number of ether oxygens (including phenoxy) is 1. The van der Waals surface area contributed by atoms with E-state index in [0.29, 0.717) is 18.5 Å². The highest BCUT2D eigenvalue weighted by Crippen LogP contribution is 2.55. The number of aryl methyl sites for hydroxylation is 1. The van der Waals surface area contributed by atoms with E-state index in [0.717, 1.165) is 38.5 Å². The second-order valence-electron chi connectivity index (χ2n) is 7.31. The third-order valence-corrected chi connectivity index (χ3v) is 7.50. The van der Waals surface area contributed by atoms with E-state index in [-0.39, 0.29) is 12.7 Å². The summed E-state index contributed by atoms with van der Waals surface area (Å²) in [6, 6.07) is 0. The van der Waals surface area contributed by atoms with Crippen LogP contribution in [0.3, 0.4) is 0 Å². The number of rotatable bonds is 10. The second-order valence-corrected chi connectivity index (χ2v) is 10.4. The summed E-state index contributed by atoms with van der Waals surface area (Å²) in [5.74, 6) is 0. The van der Waals surface area contributed by atoms with E-state index in [1.54, 1.807) is 18.6 Å². The predicted molar refractivity (Wildman–Crippen MR) is 110 cm³/mol. The van der Waals surface area contributed by atoms with Crippen LogP contribution < -0.4 is 11.2 Å². The first-order valence-electron chi connectivity index (χ1n) is 9.88. The number of H-pyrrole nitrogens is 1. The molecule has 1 aromatic heterocycles. The van der Waals surface area contributed by atoms with Gasteiger partial charge < -0.3 is 9.26 Å². The van der Waals surface area contributed by atoms with Crippen molar-refractivity contribution in [1.29, 1.82) is 0 Å². The monoisotopic (exact) mass is 435 g/mol. The number of aromatic nitrogens is 2. The number of halogens is 1. The smallest absolute Gasteiger partial charge is 0.352 e. The molecule has 1 saturated heterocycles. The van der Waals surface area contributed by atoms with Gasteiger partial charge in [-0.25, -0.2) is 9.46 Å². The fourth-order valence-electron chi connectivity index (χ4n) is 3.17. The number of nitrogens with one attached hydrogen (secondary N) is 1. The van der Waals surface area contributed by atoms with Crippen LogP contribution in [0.4, 0.5) is 0 Å². The van der Waals surface area contributed by atoms with E-state index in [2.05, 4.69) is 11.9 Å². The van der Waals surface area contributed by atoms with Gasteiger partial charge in [0.25, 0.3) is 5.56 Å². The van der Waals surface area contributed by atoms with Gasteiger partial charge >= 0.3 is 12.6 Å². The van der Waals surface area contributed by atoms with Gasteiger partial charge in [0.1, 0.15) is 6.23 Å². The Kier molecular flexibility index (Phi) is 8.96. The summed E-state index contributed by atoms with van der Waals surface area (Å²) in [6.45, 7) is 1.07. The normalized spacial score (nSPS) is 22.3. The Bertz CT molecular complexity index is 796. The average Bonchev–Trinajstić information content (AvgIpc) is 2.66. The molecule has 8 nitrogen and oxygen atoms in total. The van der Waals surface area contributed by atoms with Crippen molar-refractivity contribution in [3.05, 3.63) is 32.6 Å². The Labute approximate surface area is 170 Å². The fraction of sp³-hybridized carbons (Fsp3) is 0.778. The Hall–Kier alpha value is -0.920. The van der Waals surface area contributed by atoms with Crippen molar-refractivity contribution in [1.82, 2.24) is 14.2 Å². The maximum absolute atomic E-state index is 12.6. The Morgan fingerprint density at radius 1 is 1.36 bits per heavy atom. The lowest BCUT2D eigenvalue weighted by molar-refractivity contribution is -0.105. The van der Waals surface area contributed by atoms with Crippen LogP contribution in [-0.4, -0.2) is 40.5 Å². The van der Waals surface area contributed by atoms with Crippen molar-refractivity contribution in [3.63, 3.8) is 0 Å². The molecule has 10 heteroatoms. The molecule has 0 radical (unpaired) electrons. The molecule has 0 saturated carbocycles. The van der Waals surface area contributed by atoms with Crippen LogP contribution in [0.15, 0.2) is 15.8 Å². The van der Waals surface area contributed by atoms with Gasteiger partial charge in [-0.3, -0.25) is 18.9 Å². The lowest BCUT2D eigenvalue weighted by Gasteiger charge is -2.32. The first-order valence-corrected chi connectivity index (χ1v) is 12.4. The van der Waals surface area contributed by atoms with E-state index >= 15 is 0 Å². The summed E-state index contributed by atoms with van der Waals surface area (Å²) in [4.78, 5) is 25.9. The SMILES string of the molecule is CCCCCCN(C)P(=O)(Cl)OC[C@@H]1CCC[C@H](n2cc(C)c(=O)[nH]c2=O)O1. The molecule has 0 aromatic carbocycles. The molecule has 2 rings (SSSR count). The molecule has 1 aliphatic heterocycles. The van der Waals surface area contributed by atoms with Gasteiger partial charge in [-0.2, -0.15) is 0 Å². The number of unbranched alkanes of at least 4 members (excludes halogenated alkanes) is 3. The quantitative estimate of drug-likeness (QED) is 0.444. The average molecular weight is 436 g/mol. The Balaban J connectivity index is 1.91. The van der Waals surface area contributed by atoms with Crippen LogP contribution in [0.2, 0.25) is 0 Å². The zero-order valence-corrected chi connectivity index (χ0v) is 18.5. The summed E-state index contributed by atoms with van der Waals surface area (Å²) >= 11 is 6.14. The molecule has 1 aromatic rings. The third kappa shape index (κ3) is 6.56. The molecule has 28 heavy (non-hydrogen) atoms. The largest absolute Gasteiger partial charge is 0.362 e. The van der Waals surface area contributed by atoms with Crippen molar-refractivity contribution in [2.45, 2.75) is 71.1 Å². The molecule has 3 atom stereocenters. The van der Waals surface area contributed by atoms with Crippen molar-refractivity contribution in [2.24, 2.45) is 0 Å². The topological polar surface area (TPSA) is 93.6 Å². The molecular weight excluding hydrogens is 405 g/mol. The zero-order chi connectivity index (χ0) is 20.7. The maximum Gasteiger partial charge on any atom is 0.362 e. The predicted octanol–water partition coefficient (Wildman–Crippen LogP) is 3.79. The van der Waals surface area contributed by atoms with E-state index < -0.39 is 24.3 Å². The zero-order valence-electron chi connectivity index (χ0n) is 16.9. The van der Waals surface area contributed by atoms with Crippen LogP contribution in [0.25, 0.3) is 0 Å². The first kappa shape index (κ1) is 23.4. The molecule has 1 unspecified atom stereocenters.